The number of aryl methyl sites for hydroxylation is 2. The SMILES string of the molecule is CCOc1ccc(C)cc1CCCC=O. The number of hydrogen-bond acceptors (Lipinski definition) is 2. The second-order valence-corrected chi connectivity index (χ2v) is 3.60. The highest BCUT2D eigenvalue weighted by Crippen LogP contribution is 2.21. The van der Waals surface area contributed by atoms with Gasteiger partial charge in [0.15, 0.2) is 0 Å². The Morgan fingerprint density at radius 2 is 2.20 bits per heavy atom. The molecule has 15 heavy (non-hydrogen) atoms. The molecule has 1 rings (SSSR count). The lowest BCUT2D eigenvalue weighted by Crippen LogP contribution is -1.97. The van der Waals surface area contributed by atoms with Crippen LogP contribution in [0.5, 0.6) is 5.75 Å². The third-order valence-electron chi connectivity index (χ3n) is 2.28. The summed E-state index contributed by atoms with van der Waals surface area (Å²) >= 11 is 0. The van der Waals surface area contributed by atoms with Crippen LogP contribution < -0.4 is 4.74 Å². The Hall–Kier alpha value is -1.31. The van der Waals surface area contributed by atoms with Crippen LogP contribution >= 0.6 is 0 Å². The van der Waals surface area contributed by atoms with Crippen LogP contribution in [0.15, 0.2) is 18.2 Å². The Labute approximate surface area is 91.3 Å². The van der Waals surface area contributed by atoms with E-state index in [9.17, 15) is 4.79 Å². The van der Waals surface area contributed by atoms with Crippen LogP contribution in [0.1, 0.15) is 30.9 Å². The van der Waals surface area contributed by atoms with Gasteiger partial charge in [-0.15, -0.1) is 0 Å². The van der Waals surface area contributed by atoms with Crippen LogP contribution in [0.25, 0.3) is 0 Å². The Morgan fingerprint density at radius 3 is 2.87 bits per heavy atom. The van der Waals surface area contributed by atoms with Crippen molar-refractivity contribution in [1.29, 1.82) is 0 Å². The molecule has 0 N–H and O–H groups in total. The second-order valence-electron chi connectivity index (χ2n) is 3.60. The van der Waals surface area contributed by atoms with Crippen molar-refractivity contribution in [2.24, 2.45) is 0 Å². The van der Waals surface area contributed by atoms with Gasteiger partial charge in [0.05, 0.1) is 6.61 Å². The lowest BCUT2D eigenvalue weighted by Gasteiger charge is -2.10. The standard InChI is InChI=1S/C13H18O2/c1-3-15-13-8-7-11(2)10-12(13)6-4-5-9-14/h7-10H,3-6H2,1-2H3. The van der Waals surface area contributed by atoms with Crippen molar-refractivity contribution in [3.63, 3.8) is 0 Å². The molecular formula is C13H18O2. The summed E-state index contributed by atoms with van der Waals surface area (Å²) in [5.74, 6) is 0.953. The van der Waals surface area contributed by atoms with Crippen LogP contribution in [0.4, 0.5) is 0 Å². The van der Waals surface area contributed by atoms with E-state index in [1.165, 1.54) is 11.1 Å². The second kappa shape index (κ2) is 6.23. The molecule has 0 unspecified atom stereocenters. The fourth-order valence-electron chi connectivity index (χ4n) is 1.58. The predicted molar refractivity (Wildman–Crippen MR) is 61.4 cm³/mol. The lowest BCUT2D eigenvalue weighted by atomic mass is 10.0. The van der Waals surface area contributed by atoms with Gasteiger partial charge in [-0.05, 0) is 38.3 Å². The van der Waals surface area contributed by atoms with E-state index in [0.717, 1.165) is 24.9 Å². The zero-order valence-corrected chi connectivity index (χ0v) is 9.45. The molecule has 0 aromatic heterocycles. The normalized spacial score (nSPS) is 10.0. The molecule has 0 saturated carbocycles. The molecule has 0 aliphatic heterocycles. The minimum Gasteiger partial charge on any atom is -0.494 e. The molecule has 0 aliphatic rings. The van der Waals surface area contributed by atoms with E-state index in [2.05, 4.69) is 13.0 Å². The van der Waals surface area contributed by atoms with Gasteiger partial charge in [-0.2, -0.15) is 0 Å². The fraction of sp³-hybridized carbons (Fsp3) is 0.462. The van der Waals surface area contributed by atoms with E-state index in [0.29, 0.717) is 13.0 Å². The molecule has 2 heteroatoms. The third-order valence-corrected chi connectivity index (χ3v) is 2.28. The molecule has 0 saturated heterocycles. The van der Waals surface area contributed by atoms with Crippen molar-refractivity contribution < 1.29 is 9.53 Å². The first-order chi connectivity index (χ1) is 7.27. The molecule has 0 heterocycles. The van der Waals surface area contributed by atoms with Crippen LogP contribution in [-0.2, 0) is 11.2 Å². The zero-order chi connectivity index (χ0) is 11.1. The van der Waals surface area contributed by atoms with Crippen LogP contribution in [0.3, 0.4) is 0 Å². The average molecular weight is 206 g/mol. The Morgan fingerprint density at radius 1 is 1.40 bits per heavy atom. The lowest BCUT2D eigenvalue weighted by molar-refractivity contribution is -0.107. The molecule has 0 spiro atoms. The quantitative estimate of drug-likeness (QED) is 0.528. The predicted octanol–water partition coefficient (Wildman–Crippen LogP) is 2.92. The maximum Gasteiger partial charge on any atom is 0.122 e. The van der Waals surface area contributed by atoms with Gasteiger partial charge < -0.3 is 9.53 Å². The molecule has 0 bridgehead atoms. The van der Waals surface area contributed by atoms with E-state index in [4.69, 9.17) is 4.74 Å². The molecule has 1 aromatic carbocycles. The van der Waals surface area contributed by atoms with E-state index >= 15 is 0 Å². The third kappa shape index (κ3) is 3.74. The van der Waals surface area contributed by atoms with Gasteiger partial charge in [0.2, 0.25) is 0 Å². The summed E-state index contributed by atoms with van der Waals surface area (Å²) < 4.78 is 5.53. The molecular weight excluding hydrogens is 188 g/mol. The van der Waals surface area contributed by atoms with E-state index in [1.807, 2.05) is 19.1 Å². The number of benzene rings is 1. The Balaban J connectivity index is 2.72. The highest BCUT2D eigenvalue weighted by molar-refractivity contribution is 5.49. The van der Waals surface area contributed by atoms with Gasteiger partial charge >= 0.3 is 0 Å². The molecule has 0 radical (unpaired) electrons. The number of aldehydes is 1. The Bertz CT molecular complexity index is 318. The van der Waals surface area contributed by atoms with Crippen molar-refractivity contribution in [3.05, 3.63) is 29.3 Å². The number of rotatable bonds is 6. The maximum absolute atomic E-state index is 10.2. The van der Waals surface area contributed by atoms with Crippen LogP contribution in [0.2, 0.25) is 0 Å². The maximum atomic E-state index is 10.2. The van der Waals surface area contributed by atoms with Crippen LogP contribution in [0, 0.1) is 6.92 Å². The minimum absolute atomic E-state index is 0.625. The fourth-order valence-corrected chi connectivity index (χ4v) is 1.58. The van der Waals surface area contributed by atoms with Crippen molar-refractivity contribution in [2.75, 3.05) is 6.61 Å². The number of carbonyl (C=O) groups excluding carboxylic acids is 1. The zero-order valence-electron chi connectivity index (χ0n) is 9.45. The van der Waals surface area contributed by atoms with E-state index < -0.39 is 0 Å². The van der Waals surface area contributed by atoms with Gasteiger partial charge in [0, 0.05) is 6.42 Å². The number of unbranched alkanes of at least 4 members (excludes halogenated alkanes) is 1. The smallest absolute Gasteiger partial charge is 0.122 e. The van der Waals surface area contributed by atoms with Gasteiger partial charge in [0.25, 0.3) is 0 Å². The summed E-state index contributed by atoms with van der Waals surface area (Å²) in [6.45, 7) is 4.73. The highest BCUT2D eigenvalue weighted by Gasteiger charge is 2.03. The first kappa shape index (κ1) is 11.8. The molecule has 0 amide bonds. The summed E-state index contributed by atoms with van der Waals surface area (Å²) in [6, 6.07) is 6.19. The number of hydrogen-bond donors (Lipinski definition) is 0. The van der Waals surface area contributed by atoms with E-state index in [-0.39, 0.29) is 0 Å². The molecule has 1 aromatic rings. The van der Waals surface area contributed by atoms with Crippen molar-refractivity contribution in [1.82, 2.24) is 0 Å². The number of ether oxygens (including phenoxy) is 1. The summed E-state index contributed by atoms with van der Waals surface area (Å²) in [4.78, 5) is 10.2. The summed E-state index contributed by atoms with van der Waals surface area (Å²) in [5.41, 5.74) is 2.44. The van der Waals surface area contributed by atoms with Gasteiger partial charge in [-0.25, -0.2) is 0 Å². The van der Waals surface area contributed by atoms with Gasteiger partial charge in [0.1, 0.15) is 12.0 Å². The highest BCUT2D eigenvalue weighted by atomic mass is 16.5. The Kier molecular flexibility index (Phi) is 4.88. The molecule has 0 atom stereocenters. The molecule has 82 valence electrons. The van der Waals surface area contributed by atoms with Gasteiger partial charge in [-0.3, -0.25) is 0 Å². The largest absolute Gasteiger partial charge is 0.494 e. The van der Waals surface area contributed by atoms with Crippen molar-refractivity contribution >= 4 is 6.29 Å². The summed E-state index contributed by atoms with van der Waals surface area (Å²) in [6.07, 6.45) is 3.40. The van der Waals surface area contributed by atoms with Crippen molar-refractivity contribution in [3.8, 4) is 5.75 Å². The summed E-state index contributed by atoms with van der Waals surface area (Å²) in [5, 5.41) is 0. The molecule has 2 nitrogen and oxygen atoms in total. The topological polar surface area (TPSA) is 26.3 Å². The van der Waals surface area contributed by atoms with Crippen molar-refractivity contribution in [2.45, 2.75) is 33.1 Å². The molecule has 0 fully saturated rings. The molecule has 0 aliphatic carbocycles. The monoisotopic (exact) mass is 206 g/mol. The first-order valence-corrected chi connectivity index (χ1v) is 5.44. The first-order valence-electron chi connectivity index (χ1n) is 5.44. The summed E-state index contributed by atoms with van der Waals surface area (Å²) in [7, 11) is 0. The van der Waals surface area contributed by atoms with Gasteiger partial charge in [-0.1, -0.05) is 17.7 Å². The van der Waals surface area contributed by atoms with E-state index in [1.54, 1.807) is 0 Å². The average Bonchev–Trinajstić information content (AvgIpc) is 2.22. The van der Waals surface area contributed by atoms with Crippen LogP contribution in [-0.4, -0.2) is 12.9 Å². The number of carbonyl (C=O) groups is 1. The minimum atomic E-state index is 0.625.